The van der Waals surface area contributed by atoms with E-state index in [1.807, 2.05) is 0 Å². The van der Waals surface area contributed by atoms with E-state index in [-0.39, 0.29) is 12.5 Å². The normalized spacial score (nSPS) is 18.6. The van der Waals surface area contributed by atoms with Crippen molar-refractivity contribution in [2.45, 2.75) is 25.3 Å². The zero-order chi connectivity index (χ0) is 12.7. The molecule has 0 aromatic heterocycles. The van der Waals surface area contributed by atoms with Crippen LogP contribution in [-0.4, -0.2) is 49.8 Å². The number of methoxy groups -OCH3 is 1. The van der Waals surface area contributed by atoms with E-state index in [1.165, 1.54) is 7.11 Å². The SMILES string of the molecule is COCC(NC(=O)CC1CCNCC1)C(=O)O. The predicted molar refractivity (Wildman–Crippen MR) is 61.7 cm³/mol. The third-order valence-electron chi connectivity index (χ3n) is 2.90. The van der Waals surface area contributed by atoms with Gasteiger partial charge >= 0.3 is 5.97 Å². The van der Waals surface area contributed by atoms with Crippen LogP contribution < -0.4 is 10.6 Å². The first-order chi connectivity index (χ1) is 8.13. The van der Waals surface area contributed by atoms with Crippen molar-refractivity contribution < 1.29 is 19.4 Å². The van der Waals surface area contributed by atoms with Crippen LogP contribution in [0.1, 0.15) is 19.3 Å². The predicted octanol–water partition coefficient (Wildman–Crippen LogP) is -0.408. The van der Waals surface area contributed by atoms with Gasteiger partial charge in [0.15, 0.2) is 6.04 Å². The Labute approximate surface area is 101 Å². The van der Waals surface area contributed by atoms with Crippen molar-refractivity contribution in [3.8, 4) is 0 Å². The quantitative estimate of drug-likeness (QED) is 0.591. The van der Waals surface area contributed by atoms with Crippen LogP contribution in [0.15, 0.2) is 0 Å². The number of carboxylic acid groups (broad SMARTS) is 1. The largest absolute Gasteiger partial charge is 0.480 e. The summed E-state index contributed by atoms with van der Waals surface area (Å²) in [4.78, 5) is 22.5. The zero-order valence-electron chi connectivity index (χ0n) is 10.1. The van der Waals surface area contributed by atoms with Crippen LogP contribution in [0.5, 0.6) is 0 Å². The summed E-state index contributed by atoms with van der Waals surface area (Å²) in [6.45, 7) is 1.85. The average Bonchev–Trinajstić information content (AvgIpc) is 2.29. The van der Waals surface area contributed by atoms with Crippen molar-refractivity contribution >= 4 is 11.9 Å². The van der Waals surface area contributed by atoms with Crippen molar-refractivity contribution in [1.82, 2.24) is 10.6 Å². The van der Waals surface area contributed by atoms with Gasteiger partial charge in [-0.15, -0.1) is 0 Å². The number of rotatable bonds is 6. The van der Waals surface area contributed by atoms with Crippen LogP contribution in [0, 0.1) is 5.92 Å². The molecule has 1 aliphatic heterocycles. The molecule has 98 valence electrons. The average molecular weight is 244 g/mol. The number of carboxylic acids is 1. The molecular formula is C11H20N2O4. The fraction of sp³-hybridized carbons (Fsp3) is 0.818. The van der Waals surface area contributed by atoms with Gasteiger partial charge in [0.2, 0.25) is 5.91 Å². The van der Waals surface area contributed by atoms with Gasteiger partial charge in [-0.25, -0.2) is 4.79 Å². The molecule has 1 saturated heterocycles. The van der Waals surface area contributed by atoms with Crippen LogP contribution in [0.2, 0.25) is 0 Å². The molecule has 3 N–H and O–H groups in total. The van der Waals surface area contributed by atoms with Gasteiger partial charge in [-0.3, -0.25) is 4.79 Å². The maximum atomic E-state index is 11.7. The number of amides is 1. The Bertz CT molecular complexity index is 264. The molecule has 0 bridgehead atoms. The lowest BCUT2D eigenvalue weighted by Crippen LogP contribution is -2.44. The standard InChI is InChI=1S/C11H20N2O4/c1-17-7-9(11(15)16)13-10(14)6-8-2-4-12-5-3-8/h8-9,12H,2-7H2,1H3,(H,13,14)(H,15,16). The molecule has 1 heterocycles. The van der Waals surface area contributed by atoms with Gasteiger partial charge in [0.1, 0.15) is 0 Å². The van der Waals surface area contributed by atoms with Gasteiger partial charge < -0.3 is 20.5 Å². The Kier molecular flexibility index (Phi) is 5.93. The van der Waals surface area contributed by atoms with Gasteiger partial charge in [-0.05, 0) is 31.8 Å². The number of piperidine rings is 1. The van der Waals surface area contributed by atoms with E-state index in [4.69, 9.17) is 9.84 Å². The van der Waals surface area contributed by atoms with Gasteiger partial charge in [0.25, 0.3) is 0 Å². The molecule has 1 unspecified atom stereocenters. The molecule has 0 saturated carbocycles. The van der Waals surface area contributed by atoms with Crippen molar-refractivity contribution in [2.75, 3.05) is 26.8 Å². The minimum atomic E-state index is -1.06. The summed E-state index contributed by atoms with van der Waals surface area (Å²) in [5.41, 5.74) is 0. The van der Waals surface area contributed by atoms with E-state index < -0.39 is 12.0 Å². The summed E-state index contributed by atoms with van der Waals surface area (Å²) >= 11 is 0. The summed E-state index contributed by atoms with van der Waals surface area (Å²) in [5.74, 6) is -0.917. The number of nitrogens with one attached hydrogen (secondary N) is 2. The highest BCUT2D eigenvalue weighted by molar-refractivity contribution is 5.83. The third kappa shape index (κ3) is 5.14. The van der Waals surface area contributed by atoms with Crippen molar-refractivity contribution in [2.24, 2.45) is 5.92 Å². The molecule has 1 aliphatic rings. The highest BCUT2D eigenvalue weighted by Crippen LogP contribution is 2.15. The number of carbonyl (C=O) groups is 2. The fourth-order valence-corrected chi connectivity index (χ4v) is 1.94. The number of ether oxygens (including phenoxy) is 1. The number of hydrogen-bond acceptors (Lipinski definition) is 4. The molecule has 0 radical (unpaired) electrons. The van der Waals surface area contributed by atoms with Crippen LogP contribution >= 0.6 is 0 Å². The van der Waals surface area contributed by atoms with E-state index >= 15 is 0 Å². The Morgan fingerprint density at radius 3 is 2.65 bits per heavy atom. The van der Waals surface area contributed by atoms with Crippen LogP contribution in [0.25, 0.3) is 0 Å². The molecule has 0 aromatic rings. The van der Waals surface area contributed by atoms with E-state index in [2.05, 4.69) is 10.6 Å². The van der Waals surface area contributed by atoms with E-state index in [9.17, 15) is 9.59 Å². The van der Waals surface area contributed by atoms with Gasteiger partial charge in [0, 0.05) is 13.5 Å². The fourth-order valence-electron chi connectivity index (χ4n) is 1.94. The van der Waals surface area contributed by atoms with Crippen molar-refractivity contribution in [3.63, 3.8) is 0 Å². The minimum absolute atomic E-state index is 0.00665. The molecule has 1 rings (SSSR count). The number of hydrogen-bond donors (Lipinski definition) is 3. The smallest absolute Gasteiger partial charge is 0.328 e. The maximum Gasteiger partial charge on any atom is 0.328 e. The first-order valence-corrected chi connectivity index (χ1v) is 5.85. The van der Waals surface area contributed by atoms with E-state index in [0.717, 1.165) is 25.9 Å². The lowest BCUT2D eigenvalue weighted by molar-refractivity contribution is -0.143. The Balaban J connectivity index is 2.33. The molecule has 1 fully saturated rings. The monoisotopic (exact) mass is 244 g/mol. The van der Waals surface area contributed by atoms with Crippen LogP contribution in [0.4, 0.5) is 0 Å². The highest BCUT2D eigenvalue weighted by atomic mass is 16.5. The zero-order valence-corrected chi connectivity index (χ0v) is 10.1. The molecule has 17 heavy (non-hydrogen) atoms. The van der Waals surface area contributed by atoms with Gasteiger partial charge in [-0.2, -0.15) is 0 Å². The van der Waals surface area contributed by atoms with Crippen LogP contribution in [-0.2, 0) is 14.3 Å². The summed E-state index contributed by atoms with van der Waals surface area (Å²) in [7, 11) is 1.41. The van der Waals surface area contributed by atoms with Crippen LogP contribution in [0.3, 0.4) is 0 Å². The van der Waals surface area contributed by atoms with Gasteiger partial charge in [-0.1, -0.05) is 0 Å². The summed E-state index contributed by atoms with van der Waals surface area (Å²) < 4.78 is 4.75. The molecule has 0 spiro atoms. The van der Waals surface area contributed by atoms with Crippen molar-refractivity contribution in [1.29, 1.82) is 0 Å². The number of carbonyl (C=O) groups excluding carboxylic acids is 1. The molecule has 0 aromatic carbocycles. The van der Waals surface area contributed by atoms with Crippen molar-refractivity contribution in [3.05, 3.63) is 0 Å². The first-order valence-electron chi connectivity index (χ1n) is 5.85. The third-order valence-corrected chi connectivity index (χ3v) is 2.90. The lowest BCUT2D eigenvalue weighted by atomic mass is 9.94. The second kappa shape index (κ2) is 7.24. The first kappa shape index (κ1) is 13.9. The summed E-state index contributed by atoms with van der Waals surface area (Å²) in [6, 6.07) is -0.950. The molecular weight excluding hydrogens is 224 g/mol. The van der Waals surface area contributed by atoms with E-state index in [1.54, 1.807) is 0 Å². The molecule has 6 heteroatoms. The highest BCUT2D eigenvalue weighted by Gasteiger charge is 2.22. The molecule has 0 aliphatic carbocycles. The van der Waals surface area contributed by atoms with Gasteiger partial charge in [0.05, 0.1) is 6.61 Å². The topological polar surface area (TPSA) is 87.7 Å². The Hall–Kier alpha value is -1.14. The second-order valence-corrected chi connectivity index (χ2v) is 4.31. The summed E-state index contributed by atoms with van der Waals surface area (Å²) in [6.07, 6.45) is 2.33. The Morgan fingerprint density at radius 1 is 1.47 bits per heavy atom. The van der Waals surface area contributed by atoms with E-state index in [0.29, 0.717) is 12.3 Å². The minimum Gasteiger partial charge on any atom is -0.480 e. The maximum absolute atomic E-state index is 11.7. The second-order valence-electron chi connectivity index (χ2n) is 4.31. The molecule has 1 amide bonds. The lowest BCUT2D eigenvalue weighted by Gasteiger charge is -2.22. The summed E-state index contributed by atoms with van der Waals surface area (Å²) in [5, 5.41) is 14.6. The number of aliphatic carboxylic acids is 1. The molecule has 6 nitrogen and oxygen atoms in total. The molecule has 1 atom stereocenters. The Morgan fingerprint density at radius 2 is 2.12 bits per heavy atom.